The second kappa shape index (κ2) is 5.55. The number of halogens is 1. The van der Waals surface area contributed by atoms with Gasteiger partial charge in [0, 0.05) is 6.54 Å². The maximum Gasteiger partial charge on any atom is 0.326 e. The first-order chi connectivity index (χ1) is 11.6. The molecule has 1 aliphatic rings. The Kier molecular flexibility index (Phi) is 3.37. The van der Waals surface area contributed by atoms with E-state index in [2.05, 4.69) is 15.3 Å². The highest BCUT2D eigenvalue weighted by molar-refractivity contribution is 5.78. The van der Waals surface area contributed by atoms with Crippen molar-refractivity contribution in [1.82, 2.24) is 19.8 Å². The predicted octanol–water partition coefficient (Wildman–Crippen LogP) is 1.98. The minimum atomic E-state index is -0.868. The number of rotatable bonds is 3. The Morgan fingerprint density at radius 2 is 2.04 bits per heavy atom. The summed E-state index contributed by atoms with van der Waals surface area (Å²) in [4.78, 5) is 13.1. The molecule has 3 aromatic rings. The maximum absolute atomic E-state index is 14.1. The summed E-state index contributed by atoms with van der Waals surface area (Å²) in [6.07, 6.45) is 1.37. The highest BCUT2D eigenvalue weighted by Crippen LogP contribution is 2.26. The van der Waals surface area contributed by atoms with Crippen LogP contribution in [0.15, 0.2) is 36.4 Å². The van der Waals surface area contributed by atoms with Crippen molar-refractivity contribution in [3.63, 3.8) is 0 Å². The second-order valence-corrected chi connectivity index (χ2v) is 5.65. The molecule has 2 aromatic heterocycles. The number of anilines is 1. The molecular weight excluding hydrogens is 313 g/mol. The Balaban J connectivity index is 1.82. The molecule has 4 rings (SSSR count). The van der Waals surface area contributed by atoms with E-state index >= 15 is 0 Å². The molecule has 0 radical (unpaired) electrons. The van der Waals surface area contributed by atoms with Crippen LogP contribution in [0.4, 0.5) is 10.2 Å². The van der Waals surface area contributed by atoms with E-state index in [-0.39, 0.29) is 5.82 Å². The van der Waals surface area contributed by atoms with Gasteiger partial charge in [0.2, 0.25) is 0 Å². The van der Waals surface area contributed by atoms with E-state index in [0.717, 1.165) is 6.42 Å². The van der Waals surface area contributed by atoms with Gasteiger partial charge < -0.3 is 10.0 Å². The van der Waals surface area contributed by atoms with Crippen molar-refractivity contribution in [3.05, 3.63) is 42.2 Å². The molecule has 1 fully saturated rings. The van der Waals surface area contributed by atoms with Crippen LogP contribution >= 0.6 is 0 Å². The average molecular weight is 327 g/mol. The summed E-state index contributed by atoms with van der Waals surface area (Å²) in [5, 5.41) is 21.8. The molecule has 0 unspecified atom stereocenters. The van der Waals surface area contributed by atoms with Gasteiger partial charge in [0.1, 0.15) is 17.7 Å². The minimum Gasteiger partial charge on any atom is -0.480 e. The van der Waals surface area contributed by atoms with Crippen LogP contribution in [-0.4, -0.2) is 43.5 Å². The van der Waals surface area contributed by atoms with Crippen molar-refractivity contribution in [1.29, 1.82) is 0 Å². The van der Waals surface area contributed by atoms with Crippen molar-refractivity contribution >= 4 is 17.4 Å². The van der Waals surface area contributed by atoms with Gasteiger partial charge in [-0.05, 0) is 37.1 Å². The van der Waals surface area contributed by atoms with Gasteiger partial charge >= 0.3 is 5.97 Å². The van der Waals surface area contributed by atoms with Crippen LogP contribution in [0.1, 0.15) is 12.8 Å². The van der Waals surface area contributed by atoms with Crippen molar-refractivity contribution in [2.45, 2.75) is 18.9 Å². The van der Waals surface area contributed by atoms with E-state index in [1.807, 2.05) is 0 Å². The number of benzene rings is 1. The van der Waals surface area contributed by atoms with Gasteiger partial charge in [-0.1, -0.05) is 12.1 Å². The van der Waals surface area contributed by atoms with Crippen LogP contribution in [0.25, 0.3) is 17.0 Å². The number of hydrogen-bond acceptors (Lipinski definition) is 5. The first-order valence-electron chi connectivity index (χ1n) is 7.62. The number of carboxylic acid groups (broad SMARTS) is 1. The summed E-state index contributed by atoms with van der Waals surface area (Å²) in [5.41, 5.74) is 0.772. The molecule has 0 amide bonds. The summed E-state index contributed by atoms with van der Waals surface area (Å²) in [6, 6.07) is 9.10. The second-order valence-electron chi connectivity index (χ2n) is 5.65. The van der Waals surface area contributed by atoms with Gasteiger partial charge in [0.05, 0.1) is 5.56 Å². The fraction of sp³-hybridized carbons (Fsp3) is 0.250. The van der Waals surface area contributed by atoms with E-state index in [9.17, 15) is 14.3 Å². The van der Waals surface area contributed by atoms with Crippen LogP contribution < -0.4 is 4.90 Å². The Hall–Kier alpha value is -3.03. The monoisotopic (exact) mass is 327 g/mol. The average Bonchev–Trinajstić information content (AvgIpc) is 3.21. The first-order valence-corrected chi connectivity index (χ1v) is 7.62. The SMILES string of the molecule is O=C(O)[C@H]1CCCN1c1ccc2nnc(-c3ccccc3F)n2n1. The van der Waals surface area contributed by atoms with Crippen LogP contribution in [0.3, 0.4) is 0 Å². The zero-order valence-electron chi connectivity index (χ0n) is 12.6. The van der Waals surface area contributed by atoms with Crippen molar-refractivity contribution in [3.8, 4) is 11.4 Å². The Morgan fingerprint density at radius 1 is 1.21 bits per heavy atom. The molecule has 7 nitrogen and oxygen atoms in total. The van der Waals surface area contributed by atoms with E-state index in [4.69, 9.17) is 0 Å². The highest BCUT2D eigenvalue weighted by Gasteiger charge is 2.31. The fourth-order valence-corrected chi connectivity index (χ4v) is 3.04. The predicted molar refractivity (Wildman–Crippen MR) is 84.2 cm³/mol. The largest absolute Gasteiger partial charge is 0.480 e. The smallest absolute Gasteiger partial charge is 0.326 e. The topological polar surface area (TPSA) is 83.6 Å². The molecule has 0 spiro atoms. The lowest BCUT2D eigenvalue weighted by atomic mass is 10.2. The summed E-state index contributed by atoms with van der Waals surface area (Å²) >= 11 is 0. The van der Waals surface area contributed by atoms with Gasteiger partial charge in [0.25, 0.3) is 0 Å². The number of aromatic nitrogens is 4. The van der Waals surface area contributed by atoms with E-state index < -0.39 is 17.8 Å². The number of aliphatic carboxylic acids is 1. The minimum absolute atomic E-state index is 0.288. The molecule has 1 N–H and O–H groups in total. The van der Waals surface area contributed by atoms with Crippen LogP contribution in [0.5, 0.6) is 0 Å². The lowest BCUT2D eigenvalue weighted by Gasteiger charge is -2.22. The van der Waals surface area contributed by atoms with E-state index in [0.29, 0.717) is 30.0 Å². The summed E-state index contributed by atoms with van der Waals surface area (Å²) in [5.74, 6) is -0.475. The first kappa shape index (κ1) is 14.6. The lowest BCUT2D eigenvalue weighted by molar-refractivity contribution is -0.138. The fourth-order valence-electron chi connectivity index (χ4n) is 3.04. The summed E-state index contributed by atoms with van der Waals surface area (Å²) < 4.78 is 15.5. The quantitative estimate of drug-likeness (QED) is 0.792. The van der Waals surface area contributed by atoms with Crippen LogP contribution in [-0.2, 0) is 4.79 Å². The zero-order chi connectivity index (χ0) is 16.7. The standard InChI is InChI=1S/C16H14FN5O2/c17-11-5-2-1-4-10(11)15-19-18-13-7-8-14(20-22(13)15)21-9-3-6-12(21)16(23)24/h1-2,4-5,7-8,12H,3,6,9H2,(H,23,24)/t12-/m1/s1. The summed E-state index contributed by atoms with van der Waals surface area (Å²) in [6.45, 7) is 0.618. The third-order valence-electron chi connectivity index (χ3n) is 4.20. The van der Waals surface area contributed by atoms with Crippen molar-refractivity contribution < 1.29 is 14.3 Å². The molecule has 1 saturated heterocycles. The number of carbonyl (C=O) groups is 1. The van der Waals surface area contributed by atoms with Gasteiger partial charge in [-0.2, -0.15) is 4.52 Å². The molecule has 0 aliphatic carbocycles. The third-order valence-corrected chi connectivity index (χ3v) is 4.20. The normalized spacial score (nSPS) is 17.5. The molecular formula is C16H14FN5O2. The molecule has 1 aliphatic heterocycles. The molecule has 24 heavy (non-hydrogen) atoms. The van der Waals surface area contributed by atoms with Crippen molar-refractivity contribution in [2.24, 2.45) is 0 Å². The Morgan fingerprint density at radius 3 is 2.83 bits per heavy atom. The molecule has 3 heterocycles. The lowest BCUT2D eigenvalue weighted by Crippen LogP contribution is -2.36. The van der Waals surface area contributed by atoms with Crippen LogP contribution in [0.2, 0.25) is 0 Å². The van der Waals surface area contributed by atoms with Crippen molar-refractivity contribution in [2.75, 3.05) is 11.4 Å². The number of fused-ring (bicyclic) bond motifs is 1. The molecule has 122 valence electrons. The Labute approximate surface area is 136 Å². The van der Waals surface area contributed by atoms with Gasteiger partial charge in [-0.3, -0.25) is 0 Å². The van der Waals surface area contributed by atoms with E-state index in [1.165, 1.54) is 10.6 Å². The Bertz CT molecular complexity index is 926. The van der Waals surface area contributed by atoms with Crippen LogP contribution in [0, 0.1) is 5.82 Å². The zero-order valence-corrected chi connectivity index (χ0v) is 12.6. The summed E-state index contributed by atoms with van der Waals surface area (Å²) in [7, 11) is 0. The third kappa shape index (κ3) is 2.27. The molecule has 1 aromatic carbocycles. The molecule has 0 saturated carbocycles. The number of nitrogens with zero attached hydrogens (tertiary/aromatic N) is 5. The maximum atomic E-state index is 14.1. The number of carboxylic acids is 1. The van der Waals surface area contributed by atoms with Gasteiger partial charge in [0.15, 0.2) is 11.5 Å². The molecule has 0 bridgehead atoms. The van der Waals surface area contributed by atoms with Gasteiger partial charge in [-0.15, -0.1) is 15.3 Å². The highest BCUT2D eigenvalue weighted by atomic mass is 19.1. The number of hydrogen-bond donors (Lipinski definition) is 1. The molecule has 1 atom stereocenters. The molecule has 8 heteroatoms. The van der Waals surface area contributed by atoms with E-state index in [1.54, 1.807) is 35.2 Å². The van der Waals surface area contributed by atoms with Gasteiger partial charge in [-0.25, -0.2) is 9.18 Å².